The minimum Gasteiger partial charge on any atom is -0.274 e. The Balaban J connectivity index is 1.77. The van der Waals surface area contributed by atoms with Gasteiger partial charge in [-0.15, -0.1) is 0 Å². The molecule has 0 fully saturated rings. The van der Waals surface area contributed by atoms with Crippen molar-refractivity contribution >= 4 is 15.8 Å². The van der Waals surface area contributed by atoms with Gasteiger partial charge in [-0.1, -0.05) is 30.3 Å². The summed E-state index contributed by atoms with van der Waals surface area (Å²) in [5.74, 6) is 0.282. The van der Waals surface area contributed by atoms with Crippen LogP contribution in [0.4, 0.5) is 5.82 Å². The van der Waals surface area contributed by atoms with Gasteiger partial charge in [0.05, 0.1) is 12.2 Å². The van der Waals surface area contributed by atoms with Crippen LogP contribution in [0.15, 0.2) is 53.7 Å². The Morgan fingerprint density at radius 1 is 1.13 bits per heavy atom. The molecule has 0 radical (unpaired) electrons. The van der Waals surface area contributed by atoms with E-state index in [9.17, 15) is 8.42 Å². The van der Waals surface area contributed by atoms with Gasteiger partial charge in [0.25, 0.3) is 10.0 Å². The van der Waals surface area contributed by atoms with E-state index >= 15 is 0 Å². The lowest BCUT2D eigenvalue weighted by Crippen LogP contribution is -2.14. The predicted molar refractivity (Wildman–Crippen MR) is 86.5 cm³/mol. The number of nitrogens with zero attached hydrogens (tertiary/aromatic N) is 4. The first-order valence-electron chi connectivity index (χ1n) is 7.04. The van der Waals surface area contributed by atoms with Gasteiger partial charge in [-0.05, 0) is 12.5 Å². The molecule has 0 aliphatic rings. The highest BCUT2D eigenvalue weighted by molar-refractivity contribution is 7.92. The van der Waals surface area contributed by atoms with Gasteiger partial charge >= 0.3 is 0 Å². The van der Waals surface area contributed by atoms with Gasteiger partial charge in [-0.25, -0.2) is 8.42 Å². The van der Waals surface area contributed by atoms with Crippen molar-refractivity contribution in [2.45, 2.75) is 18.4 Å². The van der Waals surface area contributed by atoms with Crippen molar-refractivity contribution in [2.75, 3.05) is 4.72 Å². The molecule has 7 nitrogen and oxygen atoms in total. The minimum absolute atomic E-state index is 0.151. The van der Waals surface area contributed by atoms with Crippen molar-refractivity contribution in [1.29, 1.82) is 0 Å². The molecular formula is C15H17N5O2S. The number of benzene rings is 1. The van der Waals surface area contributed by atoms with Crippen LogP contribution in [0.25, 0.3) is 0 Å². The summed E-state index contributed by atoms with van der Waals surface area (Å²) in [4.78, 5) is 0.151. The molecule has 3 aromatic rings. The third kappa shape index (κ3) is 3.42. The topological polar surface area (TPSA) is 81.8 Å². The van der Waals surface area contributed by atoms with Crippen LogP contribution in [0.3, 0.4) is 0 Å². The van der Waals surface area contributed by atoms with Gasteiger partial charge < -0.3 is 0 Å². The Bertz CT molecular complexity index is 913. The number of nitrogens with one attached hydrogen (secondary N) is 1. The van der Waals surface area contributed by atoms with Crippen LogP contribution in [0.5, 0.6) is 0 Å². The van der Waals surface area contributed by atoms with Crippen molar-refractivity contribution in [3.8, 4) is 0 Å². The van der Waals surface area contributed by atoms with Crippen molar-refractivity contribution in [3.63, 3.8) is 0 Å². The second kappa shape index (κ2) is 5.88. The highest BCUT2D eigenvalue weighted by atomic mass is 32.2. The highest BCUT2D eigenvalue weighted by Crippen LogP contribution is 2.17. The SMILES string of the molecule is Cc1nn(C)cc1S(=O)(=O)Nc1ccn(Cc2ccccc2)n1. The maximum atomic E-state index is 12.4. The summed E-state index contributed by atoms with van der Waals surface area (Å²) in [5.41, 5.74) is 1.54. The summed E-state index contributed by atoms with van der Waals surface area (Å²) in [6, 6.07) is 11.5. The largest absolute Gasteiger partial charge is 0.274 e. The molecule has 0 saturated heterocycles. The average molecular weight is 331 g/mol. The number of aryl methyl sites for hydroxylation is 2. The summed E-state index contributed by atoms with van der Waals surface area (Å²) < 4.78 is 30.4. The van der Waals surface area contributed by atoms with E-state index in [1.165, 1.54) is 10.9 Å². The third-order valence-electron chi connectivity index (χ3n) is 3.32. The zero-order valence-electron chi connectivity index (χ0n) is 12.8. The van der Waals surface area contributed by atoms with Crippen LogP contribution in [0.1, 0.15) is 11.3 Å². The molecule has 0 unspecified atom stereocenters. The molecule has 0 bridgehead atoms. The lowest BCUT2D eigenvalue weighted by Gasteiger charge is -2.04. The van der Waals surface area contributed by atoms with E-state index in [1.54, 1.807) is 30.9 Å². The van der Waals surface area contributed by atoms with Crippen LogP contribution in [-0.4, -0.2) is 28.0 Å². The number of hydrogen-bond donors (Lipinski definition) is 1. The third-order valence-corrected chi connectivity index (χ3v) is 4.78. The van der Waals surface area contributed by atoms with Crippen LogP contribution in [0, 0.1) is 6.92 Å². The maximum Gasteiger partial charge on any atom is 0.266 e. The molecule has 8 heteroatoms. The molecule has 120 valence electrons. The number of hydrogen-bond acceptors (Lipinski definition) is 4. The summed E-state index contributed by atoms with van der Waals surface area (Å²) in [6.45, 7) is 2.23. The normalized spacial score (nSPS) is 11.6. The van der Waals surface area contributed by atoms with Crippen LogP contribution >= 0.6 is 0 Å². The van der Waals surface area contributed by atoms with Crippen LogP contribution < -0.4 is 4.72 Å². The standard InChI is InChI=1S/C15H17N5O2S/c1-12-14(11-19(2)16-12)23(21,22)18-15-8-9-20(17-15)10-13-6-4-3-5-7-13/h3-9,11H,10H2,1-2H3,(H,17,18). The van der Waals surface area contributed by atoms with Crippen molar-refractivity contribution in [2.24, 2.45) is 7.05 Å². The van der Waals surface area contributed by atoms with Crippen molar-refractivity contribution in [1.82, 2.24) is 19.6 Å². The van der Waals surface area contributed by atoms with Crippen molar-refractivity contribution < 1.29 is 8.42 Å². The Morgan fingerprint density at radius 2 is 1.87 bits per heavy atom. The van der Waals surface area contributed by atoms with Gasteiger partial charge in [-0.2, -0.15) is 10.2 Å². The molecule has 1 aromatic carbocycles. The van der Waals surface area contributed by atoms with E-state index in [0.29, 0.717) is 12.2 Å². The zero-order chi connectivity index (χ0) is 16.4. The first-order chi connectivity index (χ1) is 10.9. The van der Waals surface area contributed by atoms with Crippen molar-refractivity contribution in [3.05, 3.63) is 60.0 Å². The summed E-state index contributed by atoms with van der Waals surface area (Å²) in [7, 11) is -2.01. The first kappa shape index (κ1) is 15.3. The molecule has 2 heterocycles. The van der Waals surface area contributed by atoms with Crippen LogP contribution in [-0.2, 0) is 23.6 Å². The Morgan fingerprint density at radius 3 is 2.52 bits per heavy atom. The number of anilines is 1. The fourth-order valence-corrected chi connectivity index (χ4v) is 3.52. The minimum atomic E-state index is -3.69. The van der Waals surface area contributed by atoms with Gasteiger partial charge in [0.15, 0.2) is 5.82 Å². The van der Waals surface area contributed by atoms with Gasteiger partial charge in [0.2, 0.25) is 0 Å². The van der Waals surface area contributed by atoms with Gasteiger partial charge in [0.1, 0.15) is 4.90 Å². The van der Waals surface area contributed by atoms with Crippen LogP contribution in [0.2, 0.25) is 0 Å². The van der Waals surface area contributed by atoms with E-state index in [0.717, 1.165) is 5.56 Å². The predicted octanol–water partition coefficient (Wildman–Crippen LogP) is 1.77. The smallest absolute Gasteiger partial charge is 0.266 e. The molecular weight excluding hydrogens is 314 g/mol. The first-order valence-corrected chi connectivity index (χ1v) is 8.53. The quantitative estimate of drug-likeness (QED) is 0.772. The lowest BCUT2D eigenvalue weighted by atomic mass is 10.2. The molecule has 23 heavy (non-hydrogen) atoms. The van der Waals surface area contributed by atoms with Gasteiger partial charge in [0, 0.05) is 25.5 Å². The van der Waals surface area contributed by atoms with E-state index in [4.69, 9.17) is 0 Å². The summed E-state index contributed by atoms with van der Waals surface area (Å²) in [5, 5.41) is 8.30. The molecule has 0 aliphatic heterocycles. The second-order valence-corrected chi connectivity index (χ2v) is 6.89. The Labute approximate surface area is 134 Å². The number of aromatic nitrogens is 4. The fourth-order valence-electron chi connectivity index (χ4n) is 2.31. The van der Waals surface area contributed by atoms with E-state index in [-0.39, 0.29) is 10.7 Å². The molecule has 0 atom stereocenters. The number of rotatable bonds is 5. The number of sulfonamides is 1. The van der Waals surface area contributed by atoms with E-state index in [2.05, 4.69) is 14.9 Å². The molecule has 0 saturated carbocycles. The summed E-state index contributed by atoms with van der Waals surface area (Å²) >= 11 is 0. The molecule has 2 aromatic heterocycles. The molecule has 1 N–H and O–H groups in total. The molecule has 3 rings (SSSR count). The highest BCUT2D eigenvalue weighted by Gasteiger charge is 2.20. The second-order valence-electron chi connectivity index (χ2n) is 5.24. The Hall–Kier alpha value is -2.61. The maximum absolute atomic E-state index is 12.4. The average Bonchev–Trinajstić information content (AvgIpc) is 3.06. The van der Waals surface area contributed by atoms with Gasteiger partial charge in [-0.3, -0.25) is 14.1 Å². The van der Waals surface area contributed by atoms with E-state index < -0.39 is 10.0 Å². The Kier molecular flexibility index (Phi) is 3.91. The monoisotopic (exact) mass is 331 g/mol. The fraction of sp³-hybridized carbons (Fsp3) is 0.200. The molecule has 0 aliphatic carbocycles. The molecule has 0 spiro atoms. The van der Waals surface area contributed by atoms with E-state index in [1.807, 2.05) is 30.3 Å². The zero-order valence-corrected chi connectivity index (χ0v) is 13.7. The lowest BCUT2D eigenvalue weighted by molar-refractivity contribution is 0.600. The summed E-state index contributed by atoms with van der Waals surface area (Å²) in [6.07, 6.45) is 3.21. The molecule has 0 amide bonds.